The Morgan fingerprint density at radius 2 is 2.32 bits per heavy atom. The first kappa shape index (κ1) is 13.3. The van der Waals surface area contributed by atoms with Gasteiger partial charge in [0.2, 0.25) is 0 Å². The molecule has 1 aromatic carbocycles. The van der Waals surface area contributed by atoms with Gasteiger partial charge in [0.25, 0.3) is 0 Å². The molecule has 6 heteroatoms. The Bertz CT molecular complexity index is 607. The molecule has 19 heavy (non-hydrogen) atoms. The maximum atomic E-state index is 10.3. The van der Waals surface area contributed by atoms with Crippen LogP contribution in [0.2, 0.25) is 5.02 Å². The molecule has 1 aromatic heterocycles. The minimum atomic E-state index is -0.946. The summed E-state index contributed by atoms with van der Waals surface area (Å²) in [5.74, 6) is -0.345. The number of aromatic nitrogens is 3. The molecule has 0 saturated heterocycles. The average molecular weight is 278 g/mol. The zero-order chi connectivity index (χ0) is 13.7. The molecule has 5 nitrogen and oxygen atoms in total. The van der Waals surface area contributed by atoms with Crippen LogP contribution in [0.15, 0.2) is 42.7 Å². The molecule has 0 aliphatic heterocycles. The third kappa shape index (κ3) is 3.93. The minimum Gasteiger partial charge on any atom is -0.478 e. The van der Waals surface area contributed by atoms with Gasteiger partial charge in [0.05, 0.1) is 0 Å². The van der Waals surface area contributed by atoms with Crippen molar-refractivity contribution in [3.8, 4) is 11.4 Å². The fourth-order valence-corrected chi connectivity index (χ4v) is 1.74. The van der Waals surface area contributed by atoms with Crippen molar-refractivity contribution in [2.24, 2.45) is 0 Å². The van der Waals surface area contributed by atoms with Crippen molar-refractivity contribution in [2.45, 2.75) is 13.0 Å². The number of halogens is 1. The van der Waals surface area contributed by atoms with E-state index in [2.05, 4.69) is 10.1 Å². The molecule has 1 heterocycles. The van der Waals surface area contributed by atoms with Crippen molar-refractivity contribution >= 4 is 17.6 Å². The maximum Gasteiger partial charge on any atom is 0.327 e. The number of carboxylic acid groups (broad SMARTS) is 1. The zero-order valence-electron chi connectivity index (χ0n) is 10.0. The highest BCUT2D eigenvalue weighted by Gasteiger charge is 2.04. The highest BCUT2D eigenvalue weighted by molar-refractivity contribution is 6.30. The molecule has 0 saturated carbocycles. The standard InChI is InChI=1S/C13H12ClN3O2/c14-11-5-3-4-10(8-11)13-15-9-17(16-13)7-2-1-6-12(18)19/h1,3-6,8-9H,2,7H2,(H,18,19)/b6-1-. The molecule has 98 valence electrons. The second kappa shape index (κ2) is 6.15. The van der Waals surface area contributed by atoms with E-state index in [0.717, 1.165) is 11.6 Å². The Kier molecular flexibility index (Phi) is 4.30. The molecule has 0 fully saturated rings. The Balaban J connectivity index is 2.01. The highest BCUT2D eigenvalue weighted by atomic mass is 35.5. The van der Waals surface area contributed by atoms with Gasteiger partial charge in [-0.25, -0.2) is 9.78 Å². The summed E-state index contributed by atoms with van der Waals surface area (Å²) in [6.07, 6.45) is 4.91. The average Bonchev–Trinajstić information content (AvgIpc) is 2.83. The fraction of sp³-hybridized carbons (Fsp3) is 0.154. The molecule has 0 unspecified atom stereocenters. The zero-order valence-corrected chi connectivity index (χ0v) is 10.8. The van der Waals surface area contributed by atoms with Gasteiger partial charge in [0, 0.05) is 23.2 Å². The summed E-state index contributed by atoms with van der Waals surface area (Å²) < 4.78 is 1.67. The van der Waals surface area contributed by atoms with E-state index < -0.39 is 5.97 Å². The second-order valence-electron chi connectivity index (χ2n) is 3.87. The van der Waals surface area contributed by atoms with Gasteiger partial charge in [-0.1, -0.05) is 29.8 Å². The molecule has 0 amide bonds. The predicted molar refractivity (Wildman–Crippen MR) is 71.9 cm³/mol. The van der Waals surface area contributed by atoms with E-state index in [1.165, 1.54) is 0 Å². The van der Waals surface area contributed by atoms with Crippen molar-refractivity contribution in [1.29, 1.82) is 0 Å². The van der Waals surface area contributed by atoms with Crippen molar-refractivity contribution in [1.82, 2.24) is 14.8 Å². The summed E-state index contributed by atoms with van der Waals surface area (Å²) in [7, 11) is 0. The van der Waals surface area contributed by atoms with Gasteiger partial charge in [-0.2, -0.15) is 5.10 Å². The van der Waals surface area contributed by atoms with E-state index in [1.807, 2.05) is 12.1 Å². The second-order valence-corrected chi connectivity index (χ2v) is 4.31. The minimum absolute atomic E-state index is 0.581. The Labute approximate surface area is 115 Å². The number of carbonyl (C=O) groups is 1. The molecular weight excluding hydrogens is 266 g/mol. The lowest BCUT2D eigenvalue weighted by Gasteiger charge is -1.97. The van der Waals surface area contributed by atoms with Gasteiger partial charge < -0.3 is 5.11 Å². The molecule has 1 N–H and O–H groups in total. The van der Waals surface area contributed by atoms with E-state index in [4.69, 9.17) is 16.7 Å². The van der Waals surface area contributed by atoms with Crippen molar-refractivity contribution < 1.29 is 9.90 Å². The van der Waals surface area contributed by atoms with Crippen LogP contribution in [0.4, 0.5) is 0 Å². The molecule has 0 atom stereocenters. The van der Waals surface area contributed by atoms with Gasteiger partial charge in [-0.05, 0) is 18.6 Å². The Morgan fingerprint density at radius 3 is 3.05 bits per heavy atom. The highest BCUT2D eigenvalue weighted by Crippen LogP contribution is 2.18. The Morgan fingerprint density at radius 1 is 1.47 bits per heavy atom. The largest absolute Gasteiger partial charge is 0.478 e. The van der Waals surface area contributed by atoms with Crippen LogP contribution in [-0.4, -0.2) is 25.8 Å². The molecule has 0 radical (unpaired) electrons. The Hall–Kier alpha value is -2.14. The molecule has 0 bridgehead atoms. The van der Waals surface area contributed by atoms with Gasteiger partial charge in [0.1, 0.15) is 6.33 Å². The van der Waals surface area contributed by atoms with Crippen molar-refractivity contribution in [3.63, 3.8) is 0 Å². The quantitative estimate of drug-likeness (QED) is 0.853. The number of hydrogen-bond donors (Lipinski definition) is 1. The van der Waals surface area contributed by atoms with Gasteiger partial charge in [-0.3, -0.25) is 4.68 Å². The maximum absolute atomic E-state index is 10.3. The third-order valence-corrected chi connectivity index (χ3v) is 2.64. The number of allylic oxidation sites excluding steroid dienone is 1. The third-order valence-electron chi connectivity index (χ3n) is 2.40. The summed E-state index contributed by atoms with van der Waals surface area (Å²) in [6.45, 7) is 0.581. The van der Waals surface area contributed by atoms with Crippen LogP contribution < -0.4 is 0 Å². The van der Waals surface area contributed by atoms with Crippen LogP contribution in [0.5, 0.6) is 0 Å². The SMILES string of the molecule is O=C(O)/C=C\CCn1cnc(-c2cccc(Cl)c2)n1. The lowest BCUT2D eigenvalue weighted by molar-refractivity contribution is -0.131. The van der Waals surface area contributed by atoms with Crippen LogP contribution in [0.1, 0.15) is 6.42 Å². The normalized spacial score (nSPS) is 11.0. The first-order valence-electron chi connectivity index (χ1n) is 5.70. The molecule has 2 aromatic rings. The summed E-state index contributed by atoms with van der Waals surface area (Å²) in [5, 5.41) is 13.4. The van der Waals surface area contributed by atoms with Crippen LogP contribution in [0.25, 0.3) is 11.4 Å². The first-order chi connectivity index (χ1) is 9.15. The fourth-order valence-electron chi connectivity index (χ4n) is 1.55. The van der Waals surface area contributed by atoms with Gasteiger partial charge in [-0.15, -0.1) is 0 Å². The smallest absolute Gasteiger partial charge is 0.327 e. The summed E-state index contributed by atoms with van der Waals surface area (Å²) in [5.41, 5.74) is 0.854. The number of hydrogen-bond acceptors (Lipinski definition) is 3. The predicted octanol–water partition coefficient (Wildman–Crippen LogP) is 2.63. The van der Waals surface area contributed by atoms with Gasteiger partial charge >= 0.3 is 5.97 Å². The van der Waals surface area contributed by atoms with E-state index in [9.17, 15) is 4.79 Å². The summed E-state index contributed by atoms with van der Waals surface area (Å²) in [6, 6.07) is 7.31. The van der Waals surface area contributed by atoms with Crippen LogP contribution in [-0.2, 0) is 11.3 Å². The molecule has 0 spiro atoms. The lowest BCUT2D eigenvalue weighted by Crippen LogP contribution is -1.98. The topological polar surface area (TPSA) is 68.0 Å². The van der Waals surface area contributed by atoms with Crippen molar-refractivity contribution in [2.75, 3.05) is 0 Å². The molecule has 0 aliphatic carbocycles. The van der Waals surface area contributed by atoms with E-state index >= 15 is 0 Å². The molecular formula is C13H12ClN3O2. The first-order valence-corrected chi connectivity index (χ1v) is 6.08. The number of aliphatic carboxylic acids is 1. The molecule has 0 aliphatic rings. The number of benzene rings is 1. The number of rotatable bonds is 5. The van der Waals surface area contributed by atoms with Crippen molar-refractivity contribution in [3.05, 3.63) is 47.8 Å². The monoisotopic (exact) mass is 277 g/mol. The van der Waals surface area contributed by atoms with Crippen LogP contribution in [0, 0.1) is 0 Å². The van der Waals surface area contributed by atoms with E-state index in [-0.39, 0.29) is 0 Å². The summed E-state index contributed by atoms with van der Waals surface area (Å²) in [4.78, 5) is 14.5. The summed E-state index contributed by atoms with van der Waals surface area (Å²) >= 11 is 5.91. The lowest BCUT2D eigenvalue weighted by atomic mass is 10.2. The van der Waals surface area contributed by atoms with Crippen LogP contribution in [0.3, 0.4) is 0 Å². The van der Waals surface area contributed by atoms with E-state index in [1.54, 1.807) is 29.2 Å². The number of aryl methyl sites for hydroxylation is 1. The van der Waals surface area contributed by atoms with E-state index in [0.29, 0.717) is 23.8 Å². The molecule has 2 rings (SSSR count). The number of carboxylic acids is 1. The van der Waals surface area contributed by atoms with Gasteiger partial charge in [0.15, 0.2) is 5.82 Å². The number of nitrogens with zero attached hydrogens (tertiary/aromatic N) is 3. The van der Waals surface area contributed by atoms with Crippen LogP contribution >= 0.6 is 11.6 Å².